The maximum atomic E-state index is 4.16. The zero-order chi connectivity index (χ0) is 21.6. The SMILES string of the molecule is [Co+2].[OH3+].[OH3+].c1cnc(-c2n[n-]c(-c3ncn[nH]3)n2)cn1.c1cnc(-c2n[n-]c(-c3ncn[nH]3)n2)cn1. The Hall–Kier alpha value is -4.85. The molecule has 8 N–H and O–H groups in total. The first-order valence-corrected chi connectivity index (χ1v) is 8.86. The van der Waals surface area contributed by atoms with Crippen LogP contribution in [0.2, 0.25) is 0 Å². The van der Waals surface area contributed by atoms with Crippen molar-refractivity contribution in [2.24, 2.45) is 0 Å². The predicted octanol–water partition coefficient (Wildman–Crippen LogP) is -2.49. The number of H-pyrrole nitrogens is 2. The summed E-state index contributed by atoms with van der Waals surface area (Å²) in [5, 5.41) is 28.3. The molecule has 0 unspecified atom stereocenters. The van der Waals surface area contributed by atoms with Crippen LogP contribution in [0, 0.1) is 0 Å². The third-order valence-corrected chi connectivity index (χ3v) is 3.74. The van der Waals surface area contributed by atoms with Crippen molar-refractivity contribution in [2.45, 2.75) is 0 Å². The monoisotopic (exact) mass is 523 g/mol. The molecule has 179 valence electrons. The second-order valence-corrected chi connectivity index (χ2v) is 5.77. The Kier molecular flexibility index (Phi) is 9.36. The van der Waals surface area contributed by atoms with Crippen LogP contribution in [0.4, 0.5) is 0 Å². The van der Waals surface area contributed by atoms with E-state index in [1.807, 2.05) is 0 Å². The molecule has 6 rings (SSSR count). The summed E-state index contributed by atoms with van der Waals surface area (Å²) in [6.45, 7) is 0. The Bertz CT molecular complexity index is 1260. The van der Waals surface area contributed by atoms with Gasteiger partial charge in [0.2, 0.25) is 0 Å². The van der Waals surface area contributed by atoms with E-state index in [0.717, 1.165) is 0 Å². The molecule has 6 aromatic heterocycles. The number of hydrogen-bond acceptors (Lipinski definition) is 12. The molecule has 0 aliphatic heterocycles. The molecular weight excluding hydrogens is 507 g/mol. The Morgan fingerprint density at radius 3 is 1.40 bits per heavy atom. The molecule has 6 heterocycles. The maximum absolute atomic E-state index is 4.16. The molecule has 0 aliphatic rings. The van der Waals surface area contributed by atoms with Crippen LogP contribution in [0.15, 0.2) is 49.8 Å². The van der Waals surface area contributed by atoms with Gasteiger partial charge >= 0.3 is 16.8 Å². The molecular formula is C16H16CoN16O2+2. The quantitative estimate of drug-likeness (QED) is 0.226. The van der Waals surface area contributed by atoms with Crippen LogP contribution in [0.1, 0.15) is 0 Å². The number of aromatic amines is 2. The summed E-state index contributed by atoms with van der Waals surface area (Å²) in [4.78, 5) is 32.2. The molecule has 0 aromatic carbocycles. The summed E-state index contributed by atoms with van der Waals surface area (Å²) >= 11 is 0. The van der Waals surface area contributed by atoms with Crippen molar-refractivity contribution < 1.29 is 27.7 Å². The van der Waals surface area contributed by atoms with Crippen LogP contribution in [0.25, 0.3) is 46.3 Å². The van der Waals surface area contributed by atoms with Gasteiger partial charge in [-0.3, -0.25) is 40.3 Å². The standard InChI is InChI=1S/2C8H5N8.Co.2H2O/c2*1-2-10-5(3-9-1)6-13-8(16-15-6)7-11-4-12-14-7;;;/h2*1-4H,(H-,11,12,13,14,15,16);;2*1H2/q2*-1;+2;;/p+2. The van der Waals surface area contributed by atoms with Gasteiger partial charge in [-0.05, 0) is 0 Å². The van der Waals surface area contributed by atoms with Gasteiger partial charge in [0.05, 0.1) is 24.0 Å². The van der Waals surface area contributed by atoms with E-state index in [-0.39, 0.29) is 27.7 Å². The number of nitrogens with zero attached hydrogens (tertiary/aromatic N) is 14. The van der Waals surface area contributed by atoms with Gasteiger partial charge in [0.15, 0.2) is 0 Å². The van der Waals surface area contributed by atoms with E-state index in [9.17, 15) is 0 Å². The molecule has 0 saturated heterocycles. The van der Waals surface area contributed by atoms with Crippen molar-refractivity contribution in [3.8, 4) is 46.3 Å². The minimum Gasteiger partial charge on any atom is -0.457 e. The van der Waals surface area contributed by atoms with Crippen molar-refractivity contribution in [3.63, 3.8) is 0 Å². The normalized spacial score (nSPS) is 9.60. The molecule has 1 radical (unpaired) electrons. The third-order valence-electron chi connectivity index (χ3n) is 3.74. The summed E-state index contributed by atoms with van der Waals surface area (Å²) in [5.74, 6) is 2.56. The van der Waals surface area contributed by atoms with Crippen molar-refractivity contribution in [3.05, 3.63) is 49.8 Å². The van der Waals surface area contributed by atoms with Crippen molar-refractivity contribution in [1.82, 2.24) is 80.7 Å². The molecule has 0 saturated carbocycles. The summed E-state index contributed by atoms with van der Waals surface area (Å²) in [6.07, 6.45) is 12.2. The second kappa shape index (κ2) is 12.4. The molecule has 6 aromatic rings. The van der Waals surface area contributed by atoms with Crippen LogP contribution in [-0.4, -0.2) is 70.5 Å². The van der Waals surface area contributed by atoms with Gasteiger partial charge in [0.25, 0.3) is 0 Å². The second-order valence-electron chi connectivity index (χ2n) is 5.77. The first kappa shape index (κ1) is 26.4. The smallest absolute Gasteiger partial charge is 0.457 e. The van der Waals surface area contributed by atoms with E-state index < -0.39 is 0 Å². The van der Waals surface area contributed by atoms with Crippen LogP contribution in [0.5, 0.6) is 0 Å². The summed E-state index contributed by atoms with van der Waals surface area (Å²) in [5.41, 5.74) is 1.14. The van der Waals surface area contributed by atoms with Gasteiger partial charge in [-0.1, -0.05) is 0 Å². The molecule has 0 amide bonds. The Labute approximate surface area is 204 Å². The number of hydrogen-bond donors (Lipinski definition) is 2. The van der Waals surface area contributed by atoms with E-state index in [2.05, 4.69) is 80.7 Å². The minimum atomic E-state index is 0. The Morgan fingerprint density at radius 1 is 0.600 bits per heavy atom. The van der Waals surface area contributed by atoms with Gasteiger partial charge in [-0.2, -0.15) is 10.2 Å². The molecule has 0 bridgehead atoms. The van der Waals surface area contributed by atoms with Crippen molar-refractivity contribution in [2.75, 3.05) is 0 Å². The van der Waals surface area contributed by atoms with Gasteiger partial charge in [0.1, 0.15) is 35.7 Å². The van der Waals surface area contributed by atoms with Gasteiger partial charge < -0.3 is 31.1 Å². The predicted molar refractivity (Wildman–Crippen MR) is 113 cm³/mol. The third kappa shape index (κ3) is 6.14. The van der Waals surface area contributed by atoms with Gasteiger partial charge in [0, 0.05) is 36.4 Å². The summed E-state index contributed by atoms with van der Waals surface area (Å²) < 4.78 is 0. The maximum Gasteiger partial charge on any atom is 2.00 e. The largest absolute Gasteiger partial charge is 2.00 e. The van der Waals surface area contributed by atoms with E-state index in [4.69, 9.17) is 0 Å². The van der Waals surface area contributed by atoms with Crippen LogP contribution >= 0.6 is 0 Å². The minimum absolute atomic E-state index is 0. The van der Waals surface area contributed by atoms with E-state index in [1.54, 1.807) is 37.2 Å². The summed E-state index contributed by atoms with van der Waals surface area (Å²) in [6, 6.07) is 0. The molecule has 19 heteroatoms. The van der Waals surface area contributed by atoms with E-state index >= 15 is 0 Å². The summed E-state index contributed by atoms with van der Waals surface area (Å²) in [7, 11) is 0. The Balaban J connectivity index is 0.000000227. The average Bonchev–Trinajstić information content (AvgIpc) is 3.67. The van der Waals surface area contributed by atoms with Crippen molar-refractivity contribution in [1.29, 1.82) is 0 Å². The zero-order valence-electron chi connectivity index (χ0n) is 17.4. The van der Waals surface area contributed by atoms with E-state index in [1.165, 1.54) is 12.7 Å². The molecule has 0 fully saturated rings. The number of rotatable bonds is 4. The van der Waals surface area contributed by atoms with Crippen LogP contribution in [-0.2, 0) is 27.7 Å². The molecule has 35 heavy (non-hydrogen) atoms. The zero-order valence-corrected chi connectivity index (χ0v) is 18.4. The number of nitrogens with one attached hydrogen (secondary N) is 2. The fraction of sp³-hybridized carbons (Fsp3) is 0. The topological polar surface area (TPSA) is 280 Å². The first-order chi connectivity index (χ1) is 15.9. The average molecular weight is 523 g/mol. The van der Waals surface area contributed by atoms with E-state index in [0.29, 0.717) is 46.3 Å². The van der Waals surface area contributed by atoms with Gasteiger partial charge in [-0.15, -0.1) is 0 Å². The molecule has 0 spiro atoms. The van der Waals surface area contributed by atoms with Crippen LogP contribution in [0.3, 0.4) is 0 Å². The van der Waals surface area contributed by atoms with Crippen LogP contribution < -0.4 is 10.2 Å². The Morgan fingerprint density at radius 2 is 1.06 bits per heavy atom. The molecule has 18 nitrogen and oxygen atoms in total. The molecule has 0 atom stereocenters. The fourth-order valence-corrected chi connectivity index (χ4v) is 2.35. The first-order valence-electron chi connectivity index (χ1n) is 8.86. The number of aromatic nitrogens is 16. The van der Waals surface area contributed by atoms with Crippen molar-refractivity contribution >= 4 is 0 Å². The van der Waals surface area contributed by atoms with Gasteiger partial charge in [-0.25, -0.2) is 9.97 Å². The molecule has 0 aliphatic carbocycles. The fourth-order valence-electron chi connectivity index (χ4n) is 2.35.